The van der Waals surface area contributed by atoms with Crippen LogP contribution in [0.15, 0.2) is 67.8 Å². The molecule has 0 fully saturated rings. The summed E-state index contributed by atoms with van der Waals surface area (Å²) >= 11 is 0. The summed E-state index contributed by atoms with van der Waals surface area (Å²) in [6.45, 7) is 6.81. The van der Waals surface area contributed by atoms with E-state index >= 15 is 0 Å². The van der Waals surface area contributed by atoms with Crippen LogP contribution in [-0.2, 0) is 20.9 Å². The highest BCUT2D eigenvalue weighted by Gasteiger charge is 2.08. The molecule has 0 bridgehead atoms. The molecule has 0 saturated heterocycles. The maximum Gasteiger partial charge on any atom is 0.335 e. The van der Waals surface area contributed by atoms with Crippen molar-refractivity contribution < 1.29 is 23.8 Å². The standard InChI is InChI=1S/C20H18O5/c1-4-19(21)24-13-16-7-6-15(12-18(16)23-3)14-8-10-17(11-9-14)25-20(22)5-2/h4-12H,1-2,13H2,3H3. The van der Waals surface area contributed by atoms with Crippen LogP contribution in [0, 0.1) is 0 Å². The van der Waals surface area contributed by atoms with Crippen molar-refractivity contribution in [3.05, 3.63) is 73.3 Å². The monoisotopic (exact) mass is 338 g/mol. The van der Waals surface area contributed by atoms with E-state index in [1.54, 1.807) is 19.2 Å². The summed E-state index contributed by atoms with van der Waals surface area (Å²) in [5.74, 6) is 0.0497. The lowest BCUT2D eigenvalue weighted by Crippen LogP contribution is -2.02. The van der Waals surface area contributed by atoms with Gasteiger partial charge in [-0.3, -0.25) is 0 Å². The zero-order valence-corrected chi connectivity index (χ0v) is 13.9. The third-order valence-corrected chi connectivity index (χ3v) is 3.40. The Hall–Kier alpha value is -3.34. The van der Waals surface area contributed by atoms with Crippen LogP contribution in [0.1, 0.15) is 5.56 Å². The highest BCUT2D eigenvalue weighted by molar-refractivity contribution is 5.83. The number of hydrogen-bond donors (Lipinski definition) is 0. The summed E-state index contributed by atoms with van der Waals surface area (Å²) < 4.78 is 15.4. The van der Waals surface area contributed by atoms with Crippen molar-refractivity contribution in [2.45, 2.75) is 6.61 Å². The second kappa shape index (κ2) is 8.49. The molecule has 0 aromatic heterocycles. The molecule has 5 nitrogen and oxygen atoms in total. The van der Waals surface area contributed by atoms with Gasteiger partial charge in [-0.25, -0.2) is 9.59 Å². The summed E-state index contributed by atoms with van der Waals surface area (Å²) in [6, 6.07) is 12.6. The molecule has 0 unspecified atom stereocenters. The van der Waals surface area contributed by atoms with E-state index in [0.717, 1.165) is 28.8 Å². The molecule has 128 valence electrons. The van der Waals surface area contributed by atoms with Crippen LogP contribution in [0.3, 0.4) is 0 Å². The van der Waals surface area contributed by atoms with Gasteiger partial charge in [0.05, 0.1) is 7.11 Å². The third-order valence-electron chi connectivity index (χ3n) is 3.40. The van der Waals surface area contributed by atoms with E-state index in [0.29, 0.717) is 11.5 Å². The first kappa shape index (κ1) is 18.0. The van der Waals surface area contributed by atoms with Crippen LogP contribution in [0.4, 0.5) is 0 Å². The van der Waals surface area contributed by atoms with Gasteiger partial charge in [-0.2, -0.15) is 0 Å². The van der Waals surface area contributed by atoms with Crippen molar-refractivity contribution in [1.29, 1.82) is 0 Å². The van der Waals surface area contributed by atoms with Gasteiger partial charge >= 0.3 is 11.9 Å². The Morgan fingerprint density at radius 1 is 0.960 bits per heavy atom. The molecule has 2 aromatic rings. The quantitative estimate of drug-likeness (QED) is 0.438. The molecule has 0 atom stereocenters. The average molecular weight is 338 g/mol. The summed E-state index contributed by atoms with van der Waals surface area (Å²) in [4.78, 5) is 22.4. The second-order valence-electron chi connectivity index (χ2n) is 4.99. The van der Waals surface area contributed by atoms with E-state index in [4.69, 9.17) is 14.2 Å². The summed E-state index contributed by atoms with van der Waals surface area (Å²) in [5.41, 5.74) is 2.58. The van der Waals surface area contributed by atoms with Crippen LogP contribution < -0.4 is 9.47 Å². The van der Waals surface area contributed by atoms with Crippen LogP contribution in [0.25, 0.3) is 11.1 Å². The van der Waals surface area contributed by atoms with Crippen LogP contribution >= 0.6 is 0 Å². The van der Waals surface area contributed by atoms with Gasteiger partial charge in [0.15, 0.2) is 0 Å². The molecular formula is C20H18O5. The summed E-state index contributed by atoms with van der Waals surface area (Å²) in [5, 5.41) is 0. The molecule has 2 aromatic carbocycles. The Morgan fingerprint density at radius 2 is 1.60 bits per heavy atom. The number of methoxy groups -OCH3 is 1. The molecule has 0 N–H and O–H groups in total. The zero-order chi connectivity index (χ0) is 18.2. The minimum atomic E-state index is -0.507. The lowest BCUT2D eigenvalue weighted by Gasteiger charge is -2.11. The Bertz CT molecular complexity index is 790. The Balaban J connectivity index is 2.19. The summed E-state index contributed by atoms with van der Waals surface area (Å²) in [7, 11) is 1.55. The van der Waals surface area contributed by atoms with Gasteiger partial charge in [-0.05, 0) is 29.3 Å². The maximum atomic E-state index is 11.2. The van der Waals surface area contributed by atoms with E-state index in [1.165, 1.54) is 0 Å². The first-order valence-electron chi connectivity index (χ1n) is 7.48. The molecule has 0 aliphatic rings. The first-order chi connectivity index (χ1) is 12.1. The van der Waals surface area contributed by atoms with Crippen molar-refractivity contribution in [1.82, 2.24) is 0 Å². The Morgan fingerprint density at radius 3 is 2.20 bits per heavy atom. The van der Waals surface area contributed by atoms with Gasteiger partial charge in [0, 0.05) is 17.7 Å². The number of ether oxygens (including phenoxy) is 3. The van der Waals surface area contributed by atoms with E-state index in [9.17, 15) is 9.59 Å². The fourth-order valence-corrected chi connectivity index (χ4v) is 2.12. The molecule has 5 heteroatoms. The smallest absolute Gasteiger partial charge is 0.335 e. The fraction of sp³-hybridized carbons (Fsp3) is 0.100. The largest absolute Gasteiger partial charge is 0.496 e. The van der Waals surface area contributed by atoms with Gasteiger partial charge in [0.2, 0.25) is 0 Å². The predicted molar refractivity (Wildman–Crippen MR) is 94.3 cm³/mol. The number of carbonyl (C=O) groups is 2. The first-order valence-corrected chi connectivity index (χ1v) is 7.48. The van der Waals surface area contributed by atoms with Crippen molar-refractivity contribution in [3.63, 3.8) is 0 Å². The van der Waals surface area contributed by atoms with Gasteiger partial charge in [0.1, 0.15) is 18.1 Å². The molecule has 0 aliphatic carbocycles. The molecule has 0 saturated carbocycles. The molecule has 2 rings (SSSR count). The normalized spacial score (nSPS) is 9.80. The number of esters is 2. The van der Waals surface area contributed by atoms with E-state index in [-0.39, 0.29) is 6.61 Å². The van der Waals surface area contributed by atoms with Gasteiger partial charge < -0.3 is 14.2 Å². The van der Waals surface area contributed by atoms with E-state index in [1.807, 2.05) is 30.3 Å². The van der Waals surface area contributed by atoms with Crippen LogP contribution in [0.2, 0.25) is 0 Å². The second-order valence-corrected chi connectivity index (χ2v) is 4.99. The number of hydrogen-bond acceptors (Lipinski definition) is 5. The molecule has 0 radical (unpaired) electrons. The summed E-state index contributed by atoms with van der Waals surface area (Å²) in [6.07, 6.45) is 2.22. The molecule has 0 spiro atoms. The fourth-order valence-electron chi connectivity index (χ4n) is 2.12. The zero-order valence-electron chi connectivity index (χ0n) is 13.9. The number of carbonyl (C=O) groups excluding carboxylic acids is 2. The molecule has 25 heavy (non-hydrogen) atoms. The van der Waals surface area contributed by atoms with Gasteiger partial charge in [0.25, 0.3) is 0 Å². The van der Waals surface area contributed by atoms with Crippen molar-refractivity contribution >= 4 is 11.9 Å². The highest BCUT2D eigenvalue weighted by Crippen LogP contribution is 2.29. The Labute approximate surface area is 146 Å². The topological polar surface area (TPSA) is 61.8 Å². The van der Waals surface area contributed by atoms with Crippen molar-refractivity contribution in [3.8, 4) is 22.6 Å². The average Bonchev–Trinajstić information content (AvgIpc) is 2.66. The van der Waals surface area contributed by atoms with E-state index < -0.39 is 11.9 Å². The Kier molecular flexibility index (Phi) is 6.12. The maximum absolute atomic E-state index is 11.2. The molecule has 0 amide bonds. The van der Waals surface area contributed by atoms with Crippen LogP contribution in [0.5, 0.6) is 11.5 Å². The highest BCUT2D eigenvalue weighted by atomic mass is 16.5. The number of rotatable bonds is 7. The van der Waals surface area contributed by atoms with Crippen LogP contribution in [-0.4, -0.2) is 19.0 Å². The minimum absolute atomic E-state index is 0.102. The lowest BCUT2D eigenvalue weighted by atomic mass is 10.0. The lowest BCUT2D eigenvalue weighted by molar-refractivity contribution is -0.139. The van der Waals surface area contributed by atoms with Gasteiger partial charge in [-0.15, -0.1) is 0 Å². The predicted octanol–water partition coefficient (Wildman–Crippen LogP) is 3.68. The van der Waals surface area contributed by atoms with E-state index in [2.05, 4.69) is 13.2 Å². The molecule has 0 heterocycles. The SMILES string of the molecule is C=CC(=O)OCc1ccc(-c2ccc(OC(=O)C=C)cc2)cc1OC. The van der Waals surface area contributed by atoms with Crippen molar-refractivity contribution in [2.24, 2.45) is 0 Å². The minimum Gasteiger partial charge on any atom is -0.496 e. The van der Waals surface area contributed by atoms with Gasteiger partial charge in [-0.1, -0.05) is 37.4 Å². The number of benzene rings is 2. The third kappa shape index (κ3) is 4.81. The molecule has 0 aliphatic heterocycles. The van der Waals surface area contributed by atoms with Crippen molar-refractivity contribution in [2.75, 3.05) is 7.11 Å². The molecular weight excluding hydrogens is 320 g/mol.